The number of ether oxygens (including phenoxy) is 1. The maximum Gasteiger partial charge on any atom is 0.254 e. The second kappa shape index (κ2) is 6.70. The smallest absolute Gasteiger partial charge is 0.254 e. The van der Waals surface area contributed by atoms with Gasteiger partial charge < -0.3 is 15.4 Å². The fraction of sp³-hybridized carbons (Fsp3) is 0.278. The number of carbonyl (C=O) groups excluding carboxylic acids is 1. The lowest BCUT2D eigenvalue weighted by Gasteiger charge is -2.25. The van der Waals surface area contributed by atoms with Crippen LogP contribution < -0.4 is 10.5 Å². The quantitative estimate of drug-likeness (QED) is 0.877. The Bertz CT molecular complexity index is 801. The fourth-order valence-corrected chi connectivity index (χ4v) is 2.64. The second-order valence-corrected chi connectivity index (χ2v) is 5.79. The molecule has 0 saturated carbocycles. The molecule has 0 atom stereocenters. The van der Waals surface area contributed by atoms with Crippen LogP contribution in [0.3, 0.4) is 0 Å². The van der Waals surface area contributed by atoms with Crippen molar-refractivity contribution < 1.29 is 9.53 Å². The summed E-state index contributed by atoms with van der Waals surface area (Å²) in [6, 6.07) is 9.08. The van der Waals surface area contributed by atoms with E-state index in [0.717, 1.165) is 18.5 Å². The van der Waals surface area contributed by atoms with Crippen molar-refractivity contribution in [1.29, 1.82) is 0 Å². The Balaban J connectivity index is 1.89. The Morgan fingerprint density at radius 2 is 2.12 bits per heavy atom. The third-order valence-corrected chi connectivity index (χ3v) is 4.06. The lowest BCUT2D eigenvalue weighted by Crippen LogP contribution is -2.34. The van der Waals surface area contributed by atoms with Gasteiger partial charge in [-0.1, -0.05) is 23.8 Å². The van der Waals surface area contributed by atoms with Crippen molar-refractivity contribution in [2.24, 2.45) is 0 Å². The predicted molar refractivity (Wildman–Crippen MR) is 92.7 cm³/mol. The number of hydrogen-bond acceptors (Lipinski definition) is 5. The number of amides is 1. The number of nitrogens with two attached hydrogens (primary N) is 1. The molecule has 0 saturated heterocycles. The topological polar surface area (TPSA) is 81.3 Å². The minimum atomic E-state index is 0.0228. The van der Waals surface area contributed by atoms with Gasteiger partial charge in [-0.2, -0.15) is 4.98 Å². The van der Waals surface area contributed by atoms with E-state index in [0.29, 0.717) is 23.7 Å². The number of carbonyl (C=O) groups is 1. The van der Waals surface area contributed by atoms with Crippen LogP contribution in [0.1, 0.15) is 23.7 Å². The first-order chi connectivity index (χ1) is 11.6. The van der Waals surface area contributed by atoms with Crippen LogP contribution >= 0.6 is 0 Å². The lowest BCUT2D eigenvalue weighted by atomic mass is 10.1. The minimum absolute atomic E-state index is 0.0228. The van der Waals surface area contributed by atoms with Gasteiger partial charge >= 0.3 is 0 Å². The van der Waals surface area contributed by atoms with Crippen LogP contribution in [0.4, 0.5) is 5.95 Å². The number of nitrogens with zero attached hydrogens (tertiary/aromatic N) is 3. The fourth-order valence-electron chi connectivity index (χ4n) is 2.64. The molecule has 1 aromatic carbocycles. The van der Waals surface area contributed by atoms with E-state index in [4.69, 9.17) is 10.5 Å². The van der Waals surface area contributed by atoms with Crippen LogP contribution in [0.15, 0.2) is 42.0 Å². The average molecular weight is 324 g/mol. The molecule has 0 unspecified atom stereocenters. The molecule has 2 heterocycles. The standard InChI is InChI=1S/C18H20N4O2/c1-12-6-8-22(9-7-12)17(23)14-5-3-4-13(10-14)15-11-16(24-2)21-18(19)20-15/h3-6,10-11H,7-9H2,1-2H3,(H2,19,20,21). The van der Waals surface area contributed by atoms with Crippen molar-refractivity contribution in [1.82, 2.24) is 14.9 Å². The monoisotopic (exact) mass is 324 g/mol. The Hall–Kier alpha value is -2.89. The molecule has 1 aromatic heterocycles. The zero-order valence-corrected chi connectivity index (χ0v) is 13.8. The van der Waals surface area contributed by atoms with Crippen molar-refractivity contribution >= 4 is 11.9 Å². The van der Waals surface area contributed by atoms with Crippen LogP contribution in [0.2, 0.25) is 0 Å². The molecule has 0 spiro atoms. The van der Waals surface area contributed by atoms with E-state index < -0.39 is 0 Å². The molecule has 124 valence electrons. The molecule has 6 heteroatoms. The largest absolute Gasteiger partial charge is 0.481 e. The van der Waals surface area contributed by atoms with Gasteiger partial charge in [-0.05, 0) is 25.5 Å². The van der Waals surface area contributed by atoms with Gasteiger partial charge in [-0.3, -0.25) is 4.79 Å². The Labute approximate surface area is 141 Å². The predicted octanol–water partition coefficient (Wildman–Crippen LogP) is 2.53. The molecule has 2 N–H and O–H groups in total. The molecule has 1 aliphatic heterocycles. The van der Waals surface area contributed by atoms with Gasteiger partial charge in [0.25, 0.3) is 5.91 Å². The van der Waals surface area contributed by atoms with Gasteiger partial charge in [0, 0.05) is 30.3 Å². The van der Waals surface area contributed by atoms with E-state index in [2.05, 4.69) is 23.0 Å². The molecular weight excluding hydrogens is 304 g/mol. The summed E-state index contributed by atoms with van der Waals surface area (Å²) >= 11 is 0. The molecule has 1 aliphatic rings. The molecule has 0 aliphatic carbocycles. The molecular formula is C18H20N4O2. The highest BCUT2D eigenvalue weighted by atomic mass is 16.5. The van der Waals surface area contributed by atoms with Gasteiger partial charge in [0.1, 0.15) is 0 Å². The normalized spacial score (nSPS) is 14.2. The second-order valence-electron chi connectivity index (χ2n) is 5.79. The SMILES string of the molecule is COc1cc(-c2cccc(C(=O)N3CC=C(C)CC3)c2)nc(N)n1. The zero-order chi connectivity index (χ0) is 17.1. The van der Waals surface area contributed by atoms with E-state index in [-0.39, 0.29) is 11.9 Å². The summed E-state index contributed by atoms with van der Waals surface area (Å²) in [6.07, 6.45) is 3.02. The summed E-state index contributed by atoms with van der Waals surface area (Å²) in [5.74, 6) is 0.554. The highest BCUT2D eigenvalue weighted by Gasteiger charge is 2.18. The van der Waals surface area contributed by atoms with Gasteiger partial charge in [0.15, 0.2) is 0 Å². The molecule has 2 aromatic rings. The number of benzene rings is 1. The van der Waals surface area contributed by atoms with Crippen molar-refractivity contribution in [2.75, 3.05) is 25.9 Å². The highest BCUT2D eigenvalue weighted by Crippen LogP contribution is 2.23. The summed E-state index contributed by atoms with van der Waals surface area (Å²) in [7, 11) is 1.53. The molecule has 0 fully saturated rings. The van der Waals surface area contributed by atoms with Crippen molar-refractivity contribution in [3.63, 3.8) is 0 Å². The van der Waals surface area contributed by atoms with Crippen LogP contribution in [0.25, 0.3) is 11.3 Å². The number of methoxy groups -OCH3 is 1. The number of anilines is 1. The van der Waals surface area contributed by atoms with Crippen LogP contribution in [-0.4, -0.2) is 41.0 Å². The Morgan fingerprint density at radius 1 is 1.29 bits per heavy atom. The maximum absolute atomic E-state index is 12.7. The maximum atomic E-state index is 12.7. The number of hydrogen-bond donors (Lipinski definition) is 1. The van der Waals surface area contributed by atoms with Crippen LogP contribution in [-0.2, 0) is 0 Å². The minimum Gasteiger partial charge on any atom is -0.481 e. The average Bonchev–Trinajstić information content (AvgIpc) is 2.61. The Kier molecular flexibility index (Phi) is 4.46. The molecule has 6 nitrogen and oxygen atoms in total. The number of nitrogen functional groups attached to an aromatic ring is 1. The third-order valence-electron chi connectivity index (χ3n) is 4.06. The van der Waals surface area contributed by atoms with Gasteiger partial charge in [-0.15, -0.1) is 0 Å². The van der Waals surface area contributed by atoms with Crippen molar-refractivity contribution in [3.8, 4) is 17.1 Å². The first-order valence-corrected chi connectivity index (χ1v) is 7.80. The highest BCUT2D eigenvalue weighted by molar-refractivity contribution is 5.95. The first-order valence-electron chi connectivity index (χ1n) is 7.80. The number of rotatable bonds is 3. The summed E-state index contributed by atoms with van der Waals surface area (Å²) in [6.45, 7) is 3.50. The lowest BCUT2D eigenvalue weighted by molar-refractivity contribution is 0.0769. The first kappa shape index (κ1) is 16.0. The number of aromatic nitrogens is 2. The summed E-state index contributed by atoms with van der Waals surface area (Å²) in [5.41, 5.74) is 9.11. The van der Waals surface area contributed by atoms with Crippen LogP contribution in [0, 0.1) is 0 Å². The van der Waals surface area contributed by atoms with Gasteiger partial charge in [-0.25, -0.2) is 4.98 Å². The zero-order valence-electron chi connectivity index (χ0n) is 13.8. The van der Waals surface area contributed by atoms with E-state index >= 15 is 0 Å². The Morgan fingerprint density at radius 3 is 2.83 bits per heavy atom. The van der Waals surface area contributed by atoms with E-state index in [1.165, 1.54) is 12.7 Å². The molecule has 0 radical (unpaired) electrons. The van der Waals surface area contributed by atoms with Crippen molar-refractivity contribution in [2.45, 2.75) is 13.3 Å². The molecule has 1 amide bonds. The molecule has 24 heavy (non-hydrogen) atoms. The van der Waals surface area contributed by atoms with Crippen molar-refractivity contribution in [3.05, 3.63) is 47.5 Å². The van der Waals surface area contributed by atoms with Gasteiger partial charge in [0.2, 0.25) is 11.8 Å². The third kappa shape index (κ3) is 3.37. The van der Waals surface area contributed by atoms with Crippen LogP contribution in [0.5, 0.6) is 5.88 Å². The summed E-state index contributed by atoms with van der Waals surface area (Å²) in [5, 5.41) is 0. The van der Waals surface area contributed by atoms with E-state index in [9.17, 15) is 4.79 Å². The summed E-state index contributed by atoms with van der Waals surface area (Å²) < 4.78 is 5.13. The summed E-state index contributed by atoms with van der Waals surface area (Å²) in [4.78, 5) is 22.7. The van der Waals surface area contributed by atoms with E-state index in [1.54, 1.807) is 6.07 Å². The molecule has 3 rings (SSSR count). The van der Waals surface area contributed by atoms with E-state index in [1.807, 2.05) is 29.2 Å². The molecule has 0 bridgehead atoms. The van der Waals surface area contributed by atoms with Gasteiger partial charge in [0.05, 0.1) is 12.8 Å².